The number of benzene rings is 1. The maximum Gasteiger partial charge on any atom is 0.253 e. The summed E-state index contributed by atoms with van der Waals surface area (Å²) in [5.74, 6) is -0.526. The first-order chi connectivity index (χ1) is 9.29. The predicted molar refractivity (Wildman–Crippen MR) is 79.5 cm³/mol. The number of hydrogen-bond acceptors (Lipinski definition) is 3. The minimum atomic E-state index is -1.34. The fourth-order valence-electron chi connectivity index (χ4n) is 1.81. The lowest BCUT2D eigenvalue weighted by Crippen LogP contribution is -2.46. The van der Waals surface area contributed by atoms with Crippen molar-refractivity contribution in [2.45, 2.75) is 38.9 Å². The second kappa shape index (κ2) is 7.07. The highest BCUT2D eigenvalue weighted by molar-refractivity contribution is 6.31. The van der Waals surface area contributed by atoms with E-state index in [-0.39, 0.29) is 12.5 Å². The van der Waals surface area contributed by atoms with Gasteiger partial charge in [-0.15, -0.1) is 0 Å². The molecule has 0 heterocycles. The van der Waals surface area contributed by atoms with Crippen molar-refractivity contribution in [3.63, 3.8) is 0 Å². The van der Waals surface area contributed by atoms with Crippen LogP contribution in [0.1, 0.15) is 38.9 Å². The molecule has 1 aromatic carbocycles. The van der Waals surface area contributed by atoms with Crippen LogP contribution in [-0.2, 0) is 4.79 Å². The molecule has 0 aromatic heterocycles. The summed E-state index contributed by atoms with van der Waals surface area (Å²) in [7, 11) is 0. The van der Waals surface area contributed by atoms with Gasteiger partial charge in [0.15, 0.2) is 6.10 Å². The van der Waals surface area contributed by atoms with E-state index in [1.807, 2.05) is 13.8 Å². The summed E-state index contributed by atoms with van der Waals surface area (Å²) >= 11 is 5.94. The molecule has 1 aromatic rings. The Morgan fingerprint density at radius 1 is 1.45 bits per heavy atom. The molecule has 0 aliphatic heterocycles. The van der Waals surface area contributed by atoms with Gasteiger partial charge in [0.05, 0.1) is 5.60 Å². The average Bonchev–Trinajstić information content (AvgIpc) is 2.43. The molecular weight excluding hydrogens is 278 g/mol. The molecule has 0 aliphatic carbocycles. The normalized spacial score (nSPS) is 17.1. The van der Waals surface area contributed by atoms with Crippen LogP contribution in [-0.4, -0.2) is 28.3 Å². The third-order valence-electron chi connectivity index (χ3n) is 3.74. The molecule has 0 bridgehead atoms. The van der Waals surface area contributed by atoms with E-state index < -0.39 is 17.6 Å². The lowest BCUT2D eigenvalue weighted by atomic mass is 9.88. The number of amides is 1. The largest absolute Gasteiger partial charge is 0.388 e. The van der Waals surface area contributed by atoms with Gasteiger partial charge in [-0.25, -0.2) is 0 Å². The summed E-state index contributed by atoms with van der Waals surface area (Å²) in [5.41, 5.74) is -0.653. The van der Waals surface area contributed by atoms with Crippen LogP contribution in [0.2, 0.25) is 5.02 Å². The van der Waals surface area contributed by atoms with E-state index >= 15 is 0 Å². The van der Waals surface area contributed by atoms with Crippen LogP contribution in [0.5, 0.6) is 0 Å². The third-order valence-corrected chi connectivity index (χ3v) is 4.09. The van der Waals surface area contributed by atoms with E-state index in [4.69, 9.17) is 11.6 Å². The van der Waals surface area contributed by atoms with Gasteiger partial charge >= 0.3 is 0 Å². The van der Waals surface area contributed by atoms with Crippen molar-refractivity contribution in [1.29, 1.82) is 0 Å². The zero-order chi connectivity index (χ0) is 15.3. The highest BCUT2D eigenvalue weighted by Gasteiger charge is 2.29. The Labute approximate surface area is 124 Å². The molecule has 0 spiro atoms. The van der Waals surface area contributed by atoms with Gasteiger partial charge in [0.1, 0.15) is 0 Å². The zero-order valence-electron chi connectivity index (χ0n) is 12.1. The number of aliphatic hydroxyl groups excluding tert-OH is 1. The van der Waals surface area contributed by atoms with Gasteiger partial charge in [0, 0.05) is 17.1 Å². The molecule has 0 aliphatic rings. The van der Waals surface area contributed by atoms with Gasteiger partial charge in [-0.1, -0.05) is 50.1 Å². The first-order valence-corrected chi connectivity index (χ1v) is 7.10. The second-order valence-electron chi connectivity index (χ2n) is 5.31. The highest BCUT2D eigenvalue weighted by Crippen LogP contribution is 2.23. The topological polar surface area (TPSA) is 69.6 Å². The Hall–Kier alpha value is -1.10. The van der Waals surface area contributed by atoms with Crippen molar-refractivity contribution in [1.82, 2.24) is 5.32 Å². The van der Waals surface area contributed by atoms with Crippen molar-refractivity contribution in [3.05, 3.63) is 34.9 Å². The molecule has 4 nitrogen and oxygen atoms in total. The predicted octanol–water partition coefficient (Wildman–Crippen LogP) is 2.29. The molecule has 0 saturated carbocycles. The van der Waals surface area contributed by atoms with E-state index in [1.54, 1.807) is 31.2 Å². The standard InChI is InChI=1S/C15H22ClNO3/c1-4-10(2)15(3,20)9-17-14(19)13(18)11-7-5-6-8-12(11)16/h5-8,10,13,18,20H,4,9H2,1-3H3,(H,17,19)/t10?,13-,15?/m1/s1. The van der Waals surface area contributed by atoms with Crippen LogP contribution in [0.4, 0.5) is 0 Å². The van der Waals surface area contributed by atoms with Crippen molar-refractivity contribution in [2.24, 2.45) is 5.92 Å². The molecule has 1 amide bonds. The number of halogens is 1. The number of nitrogens with one attached hydrogen (secondary N) is 1. The van der Waals surface area contributed by atoms with E-state index in [0.717, 1.165) is 6.42 Å². The van der Waals surface area contributed by atoms with Gasteiger partial charge < -0.3 is 15.5 Å². The maximum atomic E-state index is 11.9. The first-order valence-electron chi connectivity index (χ1n) is 6.72. The van der Waals surface area contributed by atoms with Gasteiger partial charge in [-0.05, 0) is 18.9 Å². The molecule has 112 valence electrons. The Morgan fingerprint density at radius 3 is 2.60 bits per heavy atom. The minimum Gasteiger partial charge on any atom is -0.388 e. The third kappa shape index (κ3) is 4.20. The van der Waals surface area contributed by atoms with Crippen LogP contribution in [0, 0.1) is 5.92 Å². The molecule has 3 N–H and O–H groups in total. The van der Waals surface area contributed by atoms with Crippen LogP contribution < -0.4 is 5.32 Å². The minimum absolute atomic E-state index is 0.0419. The summed E-state index contributed by atoms with van der Waals surface area (Å²) in [6, 6.07) is 6.64. The van der Waals surface area contributed by atoms with Gasteiger partial charge in [-0.2, -0.15) is 0 Å². The summed E-state index contributed by atoms with van der Waals surface area (Å²) in [6.45, 7) is 5.64. The smallest absolute Gasteiger partial charge is 0.253 e. The monoisotopic (exact) mass is 299 g/mol. The molecule has 1 rings (SSSR count). The second-order valence-corrected chi connectivity index (χ2v) is 5.72. The summed E-state index contributed by atoms with van der Waals surface area (Å²) in [5, 5.41) is 23.1. The Balaban J connectivity index is 2.66. The SMILES string of the molecule is CCC(C)C(C)(O)CNC(=O)[C@H](O)c1ccccc1Cl. The van der Waals surface area contributed by atoms with Crippen LogP contribution in [0.3, 0.4) is 0 Å². The van der Waals surface area contributed by atoms with E-state index in [0.29, 0.717) is 10.6 Å². The lowest BCUT2D eigenvalue weighted by molar-refractivity contribution is -0.131. The highest BCUT2D eigenvalue weighted by atomic mass is 35.5. The Kier molecular flexibility index (Phi) is 5.99. The molecule has 5 heteroatoms. The molecule has 3 atom stereocenters. The quantitative estimate of drug-likeness (QED) is 0.755. The number of hydrogen-bond donors (Lipinski definition) is 3. The molecular formula is C15H22ClNO3. The average molecular weight is 300 g/mol. The fourth-order valence-corrected chi connectivity index (χ4v) is 2.05. The Morgan fingerprint density at radius 2 is 2.05 bits per heavy atom. The first kappa shape index (κ1) is 17.0. The van der Waals surface area contributed by atoms with Gasteiger partial charge in [0.2, 0.25) is 0 Å². The summed E-state index contributed by atoms with van der Waals surface area (Å²) in [6.07, 6.45) is -0.535. The van der Waals surface area contributed by atoms with Crippen LogP contribution in [0.25, 0.3) is 0 Å². The summed E-state index contributed by atoms with van der Waals surface area (Å²) < 4.78 is 0. The fraction of sp³-hybridized carbons (Fsp3) is 0.533. The molecule has 0 saturated heterocycles. The number of carbonyl (C=O) groups excluding carboxylic acids is 1. The summed E-state index contributed by atoms with van der Waals surface area (Å²) in [4.78, 5) is 11.9. The maximum absolute atomic E-state index is 11.9. The number of carbonyl (C=O) groups is 1. The zero-order valence-corrected chi connectivity index (χ0v) is 12.8. The number of rotatable bonds is 6. The van der Waals surface area contributed by atoms with Gasteiger partial charge in [0.25, 0.3) is 5.91 Å². The van der Waals surface area contributed by atoms with Gasteiger partial charge in [-0.3, -0.25) is 4.79 Å². The van der Waals surface area contributed by atoms with Crippen molar-refractivity contribution in [2.75, 3.05) is 6.54 Å². The van der Waals surface area contributed by atoms with Crippen molar-refractivity contribution in [3.8, 4) is 0 Å². The van der Waals surface area contributed by atoms with E-state index in [9.17, 15) is 15.0 Å². The van der Waals surface area contributed by atoms with Crippen LogP contribution >= 0.6 is 11.6 Å². The Bertz CT molecular complexity index is 462. The van der Waals surface area contributed by atoms with E-state index in [2.05, 4.69) is 5.32 Å². The van der Waals surface area contributed by atoms with Crippen LogP contribution in [0.15, 0.2) is 24.3 Å². The molecule has 0 radical (unpaired) electrons. The number of aliphatic hydroxyl groups is 2. The lowest BCUT2D eigenvalue weighted by Gasteiger charge is -2.30. The molecule has 0 fully saturated rings. The van der Waals surface area contributed by atoms with Crippen molar-refractivity contribution < 1.29 is 15.0 Å². The molecule has 20 heavy (non-hydrogen) atoms. The van der Waals surface area contributed by atoms with Crippen molar-refractivity contribution >= 4 is 17.5 Å². The van der Waals surface area contributed by atoms with E-state index in [1.165, 1.54) is 0 Å². The molecule has 2 unspecified atom stereocenters.